The first-order valence-electron chi connectivity index (χ1n) is 5.68. The molecule has 0 aliphatic rings. The number of aryl methyl sites for hydroxylation is 1. The van der Waals surface area contributed by atoms with Crippen molar-refractivity contribution in [2.45, 2.75) is 12.8 Å². The first-order valence-corrected chi connectivity index (χ1v) is 6.47. The Morgan fingerprint density at radius 3 is 2.80 bits per heavy atom. The van der Waals surface area contributed by atoms with Crippen molar-refractivity contribution in [3.63, 3.8) is 0 Å². The maximum atomic E-state index is 13.0. The predicted octanol–water partition coefficient (Wildman–Crippen LogP) is 2.01. The Bertz CT molecular complexity index is 566. The molecule has 0 bridgehead atoms. The molecule has 9 heteroatoms. The summed E-state index contributed by atoms with van der Waals surface area (Å²) in [6, 6.07) is 1.40. The number of nitrogen functional groups attached to an aromatic ring is 1. The number of H-pyrrole nitrogens is 2. The van der Waals surface area contributed by atoms with Crippen molar-refractivity contribution in [3.8, 4) is 0 Å². The van der Waals surface area contributed by atoms with Crippen molar-refractivity contribution in [2.24, 2.45) is 0 Å². The van der Waals surface area contributed by atoms with Gasteiger partial charge in [-0.25, -0.2) is 4.98 Å². The molecule has 0 saturated carbocycles. The molecule has 2 aromatic heterocycles. The Balaban J connectivity index is 0.00000200. The minimum Gasteiger partial charge on any atom is -0.369 e. The van der Waals surface area contributed by atoms with Gasteiger partial charge >= 0.3 is 0 Å². The molecule has 0 aliphatic heterocycles. The van der Waals surface area contributed by atoms with E-state index in [-0.39, 0.29) is 28.5 Å². The van der Waals surface area contributed by atoms with Gasteiger partial charge in [0, 0.05) is 12.2 Å². The summed E-state index contributed by atoms with van der Waals surface area (Å²) in [6.45, 7) is 0.482. The predicted molar refractivity (Wildman–Crippen MR) is 79.4 cm³/mol. The molecule has 1 amide bonds. The van der Waals surface area contributed by atoms with Crippen LogP contribution in [0.2, 0.25) is 0 Å². The first kappa shape index (κ1) is 16.5. The van der Waals surface area contributed by atoms with E-state index in [9.17, 15) is 9.18 Å². The number of imidazole rings is 1. The van der Waals surface area contributed by atoms with Gasteiger partial charge in [0.15, 0.2) is 5.95 Å². The Hall–Kier alpha value is -1.54. The Morgan fingerprint density at radius 2 is 2.25 bits per heavy atom. The van der Waals surface area contributed by atoms with E-state index >= 15 is 0 Å². The van der Waals surface area contributed by atoms with E-state index in [0.717, 1.165) is 18.5 Å². The summed E-state index contributed by atoms with van der Waals surface area (Å²) in [7, 11) is 0. The minimum absolute atomic E-state index is 0. The van der Waals surface area contributed by atoms with E-state index in [4.69, 9.17) is 5.73 Å². The standard InChI is InChI=1S/C11H13BrFN5O.ClH/c12-7-4-8(18-9(7)13)10(19)15-3-1-2-6-5-16-11(14)17-6;/h4-5,18H,1-3H2,(H,15,19)(H3,14,16,17);1H. The lowest BCUT2D eigenvalue weighted by atomic mass is 10.2. The number of carbonyl (C=O) groups excluding carboxylic acids is 1. The van der Waals surface area contributed by atoms with Crippen LogP contribution in [0.5, 0.6) is 0 Å². The lowest BCUT2D eigenvalue weighted by Crippen LogP contribution is -2.25. The largest absolute Gasteiger partial charge is 0.369 e. The van der Waals surface area contributed by atoms with Gasteiger partial charge in [-0.2, -0.15) is 4.39 Å². The van der Waals surface area contributed by atoms with Crippen LogP contribution in [-0.4, -0.2) is 27.4 Å². The number of nitrogens with zero attached hydrogens (tertiary/aromatic N) is 1. The molecule has 0 spiro atoms. The summed E-state index contributed by atoms with van der Waals surface area (Å²) in [5, 5.41) is 2.69. The number of rotatable bonds is 5. The second-order valence-electron chi connectivity index (χ2n) is 4.00. The van der Waals surface area contributed by atoms with E-state index in [1.807, 2.05) is 0 Å². The SMILES string of the molecule is Cl.Nc1ncc(CCCNC(=O)c2cc(Br)c(F)[nH]2)[nH]1. The maximum absolute atomic E-state index is 13.0. The number of carbonyl (C=O) groups is 1. The molecule has 0 radical (unpaired) electrons. The van der Waals surface area contributed by atoms with Gasteiger partial charge in [0.2, 0.25) is 5.95 Å². The van der Waals surface area contributed by atoms with Crippen LogP contribution in [-0.2, 0) is 6.42 Å². The molecule has 0 atom stereocenters. The monoisotopic (exact) mass is 365 g/mol. The third kappa shape index (κ3) is 4.24. The van der Waals surface area contributed by atoms with Crippen LogP contribution in [0.25, 0.3) is 0 Å². The Labute approximate surface area is 129 Å². The summed E-state index contributed by atoms with van der Waals surface area (Å²) in [4.78, 5) is 20.8. The molecule has 110 valence electrons. The van der Waals surface area contributed by atoms with Gasteiger partial charge in [-0.15, -0.1) is 12.4 Å². The van der Waals surface area contributed by atoms with E-state index in [2.05, 4.69) is 36.2 Å². The number of amides is 1. The van der Waals surface area contributed by atoms with Crippen LogP contribution >= 0.6 is 28.3 Å². The van der Waals surface area contributed by atoms with Crippen LogP contribution in [0.1, 0.15) is 22.6 Å². The van der Waals surface area contributed by atoms with Crippen molar-refractivity contribution in [1.29, 1.82) is 0 Å². The summed E-state index contributed by atoms with van der Waals surface area (Å²) < 4.78 is 13.2. The highest BCUT2D eigenvalue weighted by atomic mass is 79.9. The molecule has 2 rings (SSSR count). The molecule has 0 aromatic carbocycles. The third-order valence-corrected chi connectivity index (χ3v) is 3.10. The third-order valence-electron chi connectivity index (χ3n) is 2.53. The van der Waals surface area contributed by atoms with Crippen LogP contribution in [0.4, 0.5) is 10.3 Å². The number of hydrogen-bond donors (Lipinski definition) is 4. The van der Waals surface area contributed by atoms with E-state index < -0.39 is 5.95 Å². The number of aromatic amines is 2. The number of nitrogens with one attached hydrogen (secondary N) is 3. The molecule has 0 aliphatic carbocycles. The average molecular weight is 367 g/mol. The van der Waals surface area contributed by atoms with Gasteiger partial charge in [-0.1, -0.05) is 0 Å². The molecule has 20 heavy (non-hydrogen) atoms. The zero-order valence-corrected chi connectivity index (χ0v) is 12.8. The van der Waals surface area contributed by atoms with Crippen molar-refractivity contribution < 1.29 is 9.18 Å². The van der Waals surface area contributed by atoms with E-state index in [0.29, 0.717) is 12.5 Å². The molecular formula is C11H14BrClFN5O. The summed E-state index contributed by atoms with van der Waals surface area (Å²) >= 11 is 2.99. The van der Waals surface area contributed by atoms with E-state index in [1.165, 1.54) is 6.07 Å². The summed E-state index contributed by atoms with van der Waals surface area (Å²) in [5.41, 5.74) is 6.55. The van der Waals surface area contributed by atoms with Crippen molar-refractivity contribution in [3.05, 3.63) is 34.1 Å². The minimum atomic E-state index is -0.557. The van der Waals surface area contributed by atoms with Gasteiger partial charge in [0.25, 0.3) is 5.91 Å². The lowest BCUT2D eigenvalue weighted by Gasteiger charge is -2.02. The topological polar surface area (TPSA) is 99.6 Å². The van der Waals surface area contributed by atoms with Gasteiger partial charge < -0.3 is 21.0 Å². The smallest absolute Gasteiger partial charge is 0.267 e. The molecule has 0 saturated heterocycles. The molecular weight excluding hydrogens is 353 g/mol. The number of nitrogens with two attached hydrogens (primary N) is 1. The molecule has 6 nitrogen and oxygen atoms in total. The van der Waals surface area contributed by atoms with Crippen LogP contribution in [0.3, 0.4) is 0 Å². The zero-order valence-electron chi connectivity index (χ0n) is 10.4. The maximum Gasteiger partial charge on any atom is 0.267 e. The molecule has 5 N–H and O–H groups in total. The summed E-state index contributed by atoms with van der Waals surface area (Å²) in [6.07, 6.45) is 3.12. The first-order chi connectivity index (χ1) is 9.06. The second-order valence-corrected chi connectivity index (χ2v) is 4.85. The highest BCUT2D eigenvalue weighted by molar-refractivity contribution is 9.10. The quantitative estimate of drug-likeness (QED) is 0.609. The van der Waals surface area contributed by atoms with Crippen LogP contribution < -0.4 is 11.1 Å². The van der Waals surface area contributed by atoms with E-state index in [1.54, 1.807) is 6.20 Å². The van der Waals surface area contributed by atoms with Crippen LogP contribution in [0, 0.1) is 5.95 Å². The van der Waals surface area contributed by atoms with Gasteiger partial charge in [0.1, 0.15) is 5.69 Å². The normalized spacial score (nSPS) is 10.1. The molecule has 2 aromatic rings. The molecule has 0 unspecified atom stereocenters. The number of halogens is 3. The van der Waals surface area contributed by atoms with Gasteiger partial charge in [0.05, 0.1) is 10.7 Å². The lowest BCUT2D eigenvalue weighted by molar-refractivity contribution is 0.0948. The highest BCUT2D eigenvalue weighted by Crippen LogP contribution is 2.15. The Morgan fingerprint density at radius 1 is 1.50 bits per heavy atom. The fourth-order valence-electron chi connectivity index (χ4n) is 1.61. The summed E-state index contributed by atoms with van der Waals surface area (Å²) in [5.74, 6) is -0.516. The van der Waals surface area contributed by atoms with Crippen molar-refractivity contribution in [2.75, 3.05) is 12.3 Å². The van der Waals surface area contributed by atoms with Crippen molar-refractivity contribution in [1.82, 2.24) is 20.3 Å². The van der Waals surface area contributed by atoms with Crippen LogP contribution in [0.15, 0.2) is 16.7 Å². The zero-order chi connectivity index (χ0) is 13.8. The molecule has 0 fully saturated rings. The number of anilines is 1. The fraction of sp³-hybridized carbons (Fsp3) is 0.273. The molecule has 2 heterocycles. The van der Waals surface area contributed by atoms with Crippen molar-refractivity contribution >= 4 is 40.2 Å². The van der Waals surface area contributed by atoms with Gasteiger partial charge in [-0.05, 0) is 34.8 Å². The average Bonchev–Trinajstić information content (AvgIpc) is 2.92. The Kier molecular flexibility index (Phi) is 6.03. The highest BCUT2D eigenvalue weighted by Gasteiger charge is 2.11. The van der Waals surface area contributed by atoms with Gasteiger partial charge in [-0.3, -0.25) is 4.79 Å². The number of hydrogen-bond acceptors (Lipinski definition) is 3. The second kappa shape index (κ2) is 7.30. The number of aromatic nitrogens is 3. The fourth-order valence-corrected chi connectivity index (χ4v) is 1.93.